The Morgan fingerprint density at radius 2 is 2.06 bits per heavy atom. The molecule has 4 heteroatoms. The largest absolute Gasteiger partial charge is 0.383 e. The summed E-state index contributed by atoms with van der Waals surface area (Å²) in [6, 6.07) is 7.99. The van der Waals surface area contributed by atoms with Crippen LogP contribution in [0.3, 0.4) is 0 Å². The zero-order valence-corrected chi connectivity index (χ0v) is 12.0. The van der Waals surface area contributed by atoms with Crippen LogP contribution in [0.5, 0.6) is 0 Å². The van der Waals surface area contributed by atoms with Gasteiger partial charge in [-0.25, -0.2) is 0 Å². The molecule has 18 heavy (non-hydrogen) atoms. The SMILES string of the molecule is N#Cc1cc(Br)ccc1NCCN1CCCCC1. The van der Waals surface area contributed by atoms with E-state index in [-0.39, 0.29) is 0 Å². The summed E-state index contributed by atoms with van der Waals surface area (Å²) in [6.45, 7) is 4.39. The first-order valence-electron chi connectivity index (χ1n) is 6.45. The van der Waals surface area contributed by atoms with Crippen molar-refractivity contribution < 1.29 is 0 Å². The fourth-order valence-electron chi connectivity index (χ4n) is 2.29. The lowest BCUT2D eigenvalue weighted by atomic mass is 10.1. The van der Waals surface area contributed by atoms with Crippen molar-refractivity contribution in [2.24, 2.45) is 0 Å². The van der Waals surface area contributed by atoms with Gasteiger partial charge in [0, 0.05) is 17.6 Å². The van der Waals surface area contributed by atoms with Gasteiger partial charge in [-0.2, -0.15) is 5.26 Å². The molecule has 1 aliphatic rings. The number of anilines is 1. The minimum atomic E-state index is 0.697. The van der Waals surface area contributed by atoms with Gasteiger partial charge in [-0.3, -0.25) is 0 Å². The number of nitrogens with zero attached hydrogens (tertiary/aromatic N) is 2. The fourth-order valence-corrected chi connectivity index (χ4v) is 2.66. The Morgan fingerprint density at radius 1 is 1.28 bits per heavy atom. The van der Waals surface area contributed by atoms with Gasteiger partial charge < -0.3 is 10.2 Å². The van der Waals surface area contributed by atoms with Crippen LogP contribution in [0, 0.1) is 11.3 Å². The molecule has 1 aliphatic heterocycles. The molecule has 0 amide bonds. The van der Waals surface area contributed by atoms with Gasteiger partial charge in [0.1, 0.15) is 6.07 Å². The minimum absolute atomic E-state index is 0.697. The summed E-state index contributed by atoms with van der Waals surface area (Å²) in [5.41, 5.74) is 1.63. The maximum Gasteiger partial charge on any atom is 0.101 e. The molecule has 2 rings (SSSR count). The number of benzene rings is 1. The van der Waals surface area contributed by atoms with Crippen LogP contribution in [0.2, 0.25) is 0 Å². The van der Waals surface area contributed by atoms with Crippen molar-refractivity contribution in [1.82, 2.24) is 4.90 Å². The van der Waals surface area contributed by atoms with Crippen LogP contribution in [0.15, 0.2) is 22.7 Å². The summed E-state index contributed by atoms with van der Waals surface area (Å²) in [6.07, 6.45) is 4.01. The molecule has 0 bridgehead atoms. The van der Waals surface area contributed by atoms with Crippen LogP contribution in [-0.2, 0) is 0 Å². The van der Waals surface area contributed by atoms with E-state index in [0.717, 1.165) is 23.2 Å². The smallest absolute Gasteiger partial charge is 0.101 e. The van der Waals surface area contributed by atoms with Crippen molar-refractivity contribution in [3.63, 3.8) is 0 Å². The van der Waals surface area contributed by atoms with Crippen molar-refractivity contribution in [1.29, 1.82) is 5.26 Å². The summed E-state index contributed by atoms with van der Waals surface area (Å²) in [7, 11) is 0. The molecule has 1 fully saturated rings. The van der Waals surface area contributed by atoms with Crippen LogP contribution in [0.25, 0.3) is 0 Å². The number of likely N-dealkylation sites (tertiary alicyclic amines) is 1. The Morgan fingerprint density at radius 3 is 2.78 bits per heavy atom. The van der Waals surface area contributed by atoms with E-state index in [9.17, 15) is 0 Å². The summed E-state index contributed by atoms with van der Waals surface area (Å²) in [5, 5.41) is 12.4. The van der Waals surface area contributed by atoms with Crippen molar-refractivity contribution in [2.75, 3.05) is 31.5 Å². The molecule has 1 N–H and O–H groups in total. The molecular formula is C14H18BrN3. The van der Waals surface area contributed by atoms with E-state index >= 15 is 0 Å². The fraction of sp³-hybridized carbons (Fsp3) is 0.500. The predicted molar refractivity (Wildman–Crippen MR) is 77.6 cm³/mol. The number of halogens is 1. The number of nitrogens with one attached hydrogen (secondary N) is 1. The average molecular weight is 308 g/mol. The zero-order chi connectivity index (χ0) is 12.8. The molecule has 0 aliphatic carbocycles. The third-order valence-electron chi connectivity index (χ3n) is 3.29. The third-order valence-corrected chi connectivity index (χ3v) is 3.79. The van der Waals surface area contributed by atoms with Crippen LogP contribution in [0.4, 0.5) is 5.69 Å². The van der Waals surface area contributed by atoms with E-state index in [0.29, 0.717) is 5.56 Å². The Bertz CT molecular complexity index is 433. The highest BCUT2D eigenvalue weighted by atomic mass is 79.9. The van der Waals surface area contributed by atoms with E-state index in [1.54, 1.807) is 0 Å². The summed E-state index contributed by atoms with van der Waals surface area (Å²) in [5.74, 6) is 0. The molecule has 96 valence electrons. The molecule has 0 aromatic heterocycles. The Kier molecular flexibility index (Phi) is 5.03. The average Bonchev–Trinajstić information content (AvgIpc) is 2.41. The van der Waals surface area contributed by atoms with Crippen LogP contribution in [0.1, 0.15) is 24.8 Å². The lowest BCUT2D eigenvalue weighted by molar-refractivity contribution is 0.237. The molecule has 0 saturated carbocycles. The van der Waals surface area contributed by atoms with Crippen LogP contribution >= 0.6 is 15.9 Å². The van der Waals surface area contributed by atoms with Gasteiger partial charge in [-0.15, -0.1) is 0 Å². The number of hydrogen-bond acceptors (Lipinski definition) is 3. The molecule has 1 saturated heterocycles. The highest BCUT2D eigenvalue weighted by Gasteiger charge is 2.09. The molecule has 0 unspecified atom stereocenters. The van der Waals surface area contributed by atoms with Crippen molar-refractivity contribution in [3.05, 3.63) is 28.2 Å². The molecule has 0 radical (unpaired) electrons. The standard InChI is InChI=1S/C14H18BrN3/c15-13-4-5-14(12(10-13)11-16)17-6-9-18-7-2-1-3-8-18/h4-5,10,17H,1-3,6-9H2. The molecular weight excluding hydrogens is 290 g/mol. The van der Waals surface area contributed by atoms with Crippen LogP contribution in [-0.4, -0.2) is 31.1 Å². The van der Waals surface area contributed by atoms with Crippen molar-refractivity contribution in [3.8, 4) is 6.07 Å². The Hall–Kier alpha value is -1.05. The van der Waals surface area contributed by atoms with Gasteiger partial charge in [0.15, 0.2) is 0 Å². The number of hydrogen-bond donors (Lipinski definition) is 1. The monoisotopic (exact) mass is 307 g/mol. The first-order chi connectivity index (χ1) is 8.79. The van der Waals surface area contributed by atoms with Gasteiger partial charge in [-0.1, -0.05) is 22.4 Å². The second kappa shape index (κ2) is 6.77. The molecule has 3 nitrogen and oxygen atoms in total. The number of piperidine rings is 1. The maximum atomic E-state index is 9.07. The topological polar surface area (TPSA) is 39.1 Å². The molecule has 1 aromatic rings. The lowest BCUT2D eigenvalue weighted by Crippen LogP contribution is -2.33. The van der Waals surface area contributed by atoms with E-state index in [1.807, 2.05) is 18.2 Å². The van der Waals surface area contributed by atoms with E-state index < -0.39 is 0 Å². The van der Waals surface area contributed by atoms with E-state index in [4.69, 9.17) is 5.26 Å². The van der Waals surface area contributed by atoms with Gasteiger partial charge >= 0.3 is 0 Å². The van der Waals surface area contributed by atoms with Crippen molar-refractivity contribution in [2.45, 2.75) is 19.3 Å². The van der Waals surface area contributed by atoms with Gasteiger partial charge in [0.05, 0.1) is 11.3 Å². The summed E-state index contributed by atoms with van der Waals surface area (Å²) >= 11 is 3.38. The minimum Gasteiger partial charge on any atom is -0.383 e. The Balaban J connectivity index is 1.84. The number of nitriles is 1. The second-order valence-corrected chi connectivity index (χ2v) is 5.55. The van der Waals surface area contributed by atoms with Gasteiger partial charge in [0.2, 0.25) is 0 Å². The molecule has 1 aromatic carbocycles. The first-order valence-corrected chi connectivity index (χ1v) is 7.25. The van der Waals surface area contributed by atoms with Gasteiger partial charge in [0.25, 0.3) is 0 Å². The quantitative estimate of drug-likeness (QED) is 0.928. The van der Waals surface area contributed by atoms with Crippen molar-refractivity contribution >= 4 is 21.6 Å². The maximum absolute atomic E-state index is 9.07. The predicted octanol–water partition coefficient (Wildman–Crippen LogP) is 3.22. The lowest BCUT2D eigenvalue weighted by Gasteiger charge is -2.26. The molecule has 1 heterocycles. The van der Waals surface area contributed by atoms with Crippen LogP contribution < -0.4 is 5.32 Å². The normalized spacial score (nSPS) is 16.2. The third kappa shape index (κ3) is 3.72. The Labute approximate surface area is 117 Å². The first kappa shape index (κ1) is 13.4. The number of rotatable bonds is 4. The summed E-state index contributed by atoms with van der Waals surface area (Å²) in [4.78, 5) is 2.49. The highest BCUT2D eigenvalue weighted by Crippen LogP contribution is 2.20. The second-order valence-electron chi connectivity index (χ2n) is 4.63. The zero-order valence-electron chi connectivity index (χ0n) is 10.5. The molecule has 0 atom stereocenters. The highest BCUT2D eigenvalue weighted by molar-refractivity contribution is 9.10. The molecule has 0 spiro atoms. The van der Waals surface area contributed by atoms with Gasteiger partial charge in [-0.05, 0) is 44.1 Å². The van der Waals surface area contributed by atoms with E-state index in [2.05, 4.69) is 32.2 Å². The van der Waals surface area contributed by atoms with E-state index in [1.165, 1.54) is 32.4 Å². The summed E-state index contributed by atoms with van der Waals surface area (Å²) < 4.78 is 0.945.